The van der Waals surface area contributed by atoms with Gasteiger partial charge in [-0.15, -0.1) is 11.8 Å². The Morgan fingerprint density at radius 2 is 1.91 bits per heavy atom. The summed E-state index contributed by atoms with van der Waals surface area (Å²) in [6.07, 6.45) is 3.91. The Morgan fingerprint density at radius 1 is 1.27 bits per heavy atom. The summed E-state index contributed by atoms with van der Waals surface area (Å²) in [7, 11) is 0. The molecule has 0 fully saturated rings. The molecule has 1 rings (SSSR count). The van der Waals surface area contributed by atoms with Crippen molar-refractivity contribution in [1.29, 1.82) is 0 Å². The number of aromatic nitrogens is 1. The summed E-state index contributed by atoms with van der Waals surface area (Å²) in [4.78, 5) is 4.16. The number of rotatable bonds is 1. The van der Waals surface area contributed by atoms with Crippen molar-refractivity contribution in [2.45, 2.75) is 25.8 Å². The minimum Gasteiger partial charge on any atom is -0.250 e. The average molecular weight is 169 g/mol. The van der Waals surface area contributed by atoms with Crippen molar-refractivity contribution in [3.05, 3.63) is 23.9 Å². The molecule has 2 heteroatoms. The molecule has 0 atom stereocenters. The van der Waals surface area contributed by atoms with Gasteiger partial charge >= 0.3 is 0 Å². The van der Waals surface area contributed by atoms with Gasteiger partial charge in [-0.3, -0.25) is 0 Å². The van der Waals surface area contributed by atoms with E-state index in [9.17, 15) is 0 Å². The molecule has 0 saturated carbocycles. The predicted molar refractivity (Wildman–Crippen MR) is 52.1 cm³/mol. The second-order valence-electron chi connectivity index (χ2n) is 1.88. The molecule has 0 aliphatic carbocycles. The van der Waals surface area contributed by atoms with Crippen molar-refractivity contribution < 1.29 is 0 Å². The highest BCUT2D eigenvalue weighted by Crippen LogP contribution is 2.09. The minimum absolute atomic E-state index is 1.08. The summed E-state index contributed by atoms with van der Waals surface area (Å²) < 4.78 is 0. The quantitative estimate of drug-likeness (QED) is 0.599. The predicted octanol–water partition coefficient (Wildman–Crippen LogP) is 3.14. The number of thioether (sulfide) groups is 1. The summed E-state index contributed by atoms with van der Waals surface area (Å²) in [6.45, 7) is 6.04. The molecule has 0 aliphatic heterocycles. The van der Waals surface area contributed by atoms with E-state index in [0.717, 1.165) is 5.03 Å². The van der Waals surface area contributed by atoms with E-state index < -0.39 is 0 Å². The Morgan fingerprint density at radius 3 is 2.27 bits per heavy atom. The Kier molecular flexibility index (Phi) is 5.94. The van der Waals surface area contributed by atoms with E-state index in [-0.39, 0.29) is 0 Å². The number of pyridine rings is 1. The van der Waals surface area contributed by atoms with E-state index in [1.54, 1.807) is 11.8 Å². The molecule has 1 heterocycles. The van der Waals surface area contributed by atoms with E-state index in [1.807, 2.05) is 39.3 Å². The van der Waals surface area contributed by atoms with E-state index >= 15 is 0 Å². The highest BCUT2D eigenvalue weighted by atomic mass is 32.2. The van der Waals surface area contributed by atoms with Gasteiger partial charge < -0.3 is 0 Å². The number of aryl methyl sites for hydroxylation is 1. The maximum Gasteiger partial charge on any atom is 0.0957 e. The summed E-state index contributed by atoms with van der Waals surface area (Å²) in [5.74, 6) is 0. The van der Waals surface area contributed by atoms with Crippen LogP contribution in [0.5, 0.6) is 0 Å². The van der Waals surface area contributed by atoms with Gasteiger partial charge in [0.2, 0.25) is 0 Å². The maximum atomic E-state index is 4.16. The van der Waals surface area contributed by atoms with Crippen molar-refractivity contribution in [2.24, 2.45) is 0 Å². The first-order chi connectivity index (χ1) is 5.33. The molecule has 0 aromatic carbocycles. The van der Waals surface area contributed by atoms with Crippen LogP contribution < -0.4 is 0 Å². The van der Waals surface area contributed by atoms with Crippen LogP contribution in [0.15, 0.2) is 23.4 Å². The van der Waals surface area contributed by atoms with Crippen LogP contribution in [0.2, 0.25) is 0 Å². The lowest BCUT2D eigenvalue weighted by Gasteiger charge is -1.92. The molecule has 1 aromatic heterocycles. The van der Waals surface area contributed by atoms with Crippen LogP contribution in [-0.2, 0) is 0 Å². The van der Waals surface area contributed by atoms with Gasteiger partial charge in [0.1, 0.15) is 0 Å². The molecule has 0 bridgehead atoms. The van der Waals surface area contributed by atoms with Gasteiger partial charge in [-0.1, -0.05) is 19.9 Å². The van der Waals surface area contributed by atoms with Crippen molar-refractivity contribution in [3.8, 4) is 0 Å². The van der Waals surface area contributed by atoms with Crippen molar-refractivity contribution in [1.82, 2.24) is 4.98 Å². The van der Waals surface area contributed by atoms with Crippen LogP contribution in [0.1, 0.15) is 19.4 Å². The fraction of sp³-hybridized carbons (Fsp3) is 0.444. The van der Waals surface area contributed by atoms with Gasteiger partial charge in [0.25, 0.3) is 0 Å². The summed E-state index contributed by atoms with van der Waals surface area (Å²) in [6, 6.07) is 4.10. The molecule has 0 unspecified atom stereocenters. The van der Waals surface area contributed by atoms with E-state index in [1.165, 1.54) is 5.56 Å². The molecule has 0 spiro atoms. The molecular weight excluding hydrogens is 154 g/mol. The Balaban J connectivity index is 0.000000461. The lowest BCUT2D eigenvalue weighted by molar-refractivity contribution is 1.11. The molecule has 62 valence electrons. The third-order valence-electron chi connectivity index (χ3n) is 1.09. The first-order valence-electron chi connectivity index (χ1n) is 3.79. The fourth-order valence-corrected chi connectivity index (χ4v) is 0.937. The van der Waals surface area contributed by atoms with Gasteiger partial charge in [-0.25, -0.2) is 4.98 Å². The Labute approximate surface area is 73.2 Å². The normalized spacial score (nSPS) is 8.36. The second kappa shape index (κ2) is 6.23. The summed E-state index contributed by atoms with van der Waals surface area (Å²) in [5.41, 5.74) is 1.22. The highest BCUT2D eigenvalue weighted by Gasteiger charge is 1.87. The van der Waals surface area contributed by atoms with Crippen molar-refractivity contribution in [3.63, 3.8) is 0 Å². The third kappa shape index (κ3) is 4.04. The van der Waals surface area contributed by atoms with Crippen LogP contribution >= 0.6 is 11.8 Å². The van der Waals surface area contributed by atoms with Crippen molar-refractivity contribution in [2.75, 3.05) is 6.26 Å². The molecular formula is C9H15NS. The van der Waals surface area contributed by atoms with Crippen LogP contribution in [0.3, 0.4) is 0 Å². The Bertz CT molecular complexity index is 181. The van der Waals surface area contributed by atoms with E-state index in [2.05, 4.69) is 11.1 Å². The number of nitrogens with zero attached hydrogens (tertiary/aromatic N) is 1. The number of hydrogen-bond donors (Lipinski definition) is 0. The largest absolute Gasteiger partial charge is 0.250 e. The lowest BCUT2D eigenvalue weighted by atomic mass is 10.3. The van der Waals surface area contributed by atoms with Crippen LogP contribution in [0.25, 0.3) is 0 Å². The monoisotopic (exact) mass is 169 g/mol. The van der Waals surface area contributed by atoms with Gasteiger partial charge in [0.15, 0.2) is 0 Å². The molecule has 11 heavy (non-hydrogen) atoms. The molecule has 0 aliphatic rings. The van der Waals surface area contributed by atoms with Crippen LogP contribution in [0.4, 0.5) is 0 Å². The summed E-state index contributed by atoms with van der Waals surface area (Å²) in [5, 5.41) is 1.08. The smallest absolute Gasteiger partial charge is 0.0957 e. The lowest BCUT2D eigenvalue weighted by Crippen LogP contribution is -1.77. The van der Waals surface area contributed by atoms with Crippen LogP contribution in [-0.4, -0.2) is 11.2 Å². The van der Waals surface area contributed by atoms with Gasteiger partial charge in [-0.2, -0.15) is 0 Å². The third-order valence-corrected chi connectivity index (χ3v) is 1.75. The topological polar surface area (TPSA) is 12.9 Å². The standard InChI is InChI=1S/C7H9NS.C2H6/c1-6-3-4-7(9-2)8-5-6;1-2/h3-5H,1-2H3;1-2H3. The SMILES string of the molecule is CC.CSc1ccc(C)cn1. The van der Waals surface area contributed by atoms with E-state index in [4.69, 9.17) is 0 Å². The zero-order valence-electron chi connectivity index (χ0n) is 7.59. The molecule has 0 N–H and O–H groups in total. The van der Waals surface area contributed by atoms with E-state index in [0.29, 0.717) is 0 Å². The fourth-order valence-electron chi connectivity index (χ4n) is 0.575. The summed E-state index contributed by atoms with van der Waals surface area (Å²) >= 11 is 1.67. The molecule has 1 nitrogen and oxygen atoms in total. The van der Waals surface area contributed by atoms with Gasteiger partial charge in [0.05, 0.1) is 5.03 Å². The second-order valence-corrected chi connectivity index (χ2v) is 2.70. The minimum atomic E-state index is 1.08. The molecule has 0 saturated heterocycles. The number of hydrogen-bond acceptors (Lipinski definition) is 2. The first-order valence-corrected chi connectivity index (χ1v) is 5.02. The zero-order valence-corrected chi connectivity index (χ0v) is 8.40. The van der Waals surface area contributed by atoms with Gasteiger partial charge in [0, 0.05) is 6.20 Å². The zero-order chi connectivity index (χ0) is 8.69. The van der Waals surface area contributed by atoms with Gasteiger partial charge in [-0.05, 0) is 24.8 Å². The molecule has 1 aromatic rings. The molecule has 0 radical (unpaired) electrons. The average Bonchev–Trinajstić information content (AvgIpc) is 2.10. The highest BCUT2D eigenvalue weighted by molar-refractivity contribution is 7.98. The first kappa shape index (κ1) is 10.5. The molecule has 0 amide bonds. The van der Waals surface area contributed by atoms with Crippen molar-refractivity contribution >= 4 is 11.8 Å². The van der Waals surface area contributed by atoms with Crippen LogP contribution in [0, 0.1) is 6.92 Å². The maximum absolute atomic E-state index is 4.16. The Hall–Kier alpha value is -0.500.